The molecule has 2 unspecified atom stereocenters. The van der Waals surface area contributed by atoms with Gasteiger partial charge in [0.05, 0.1) is 6.10 Å². The van der Waals surface area contributed by atoms with Crippen molar-refractivity contribution < 1.29 is 9.90 Å². The molecule has 0 radical (unpaired) electrons. The van der Waals surface area contributed by atoms with Crippen molar-refractivity contribution in [2.24, 2.45) is 5.41 Å². The minimum Gasteiger partial charge on any atom is -0.392 e. The van der Waals surface area contributed by atoms with Gasteiger partial charge in [0, 0.05) is 17.2 Å². The summed E-state index contributed by atoms with van der Waals surface area (Å²) < 4.78 is -0.663. The summed E-state index contributed by atoms with van der Waals surface area (Å²) in [6.07, 6.45) is 1.25. The summed E-state index contributed by atoms with van der Waals surface area (Å²) in [4.78, 5) is 11.4. The third kappa shape index (κ3) is 4.34. The molecule has 0 aliphatic heterocycles. The van der Waals surface area contributed by atoms with Crippen LogP contribution >= 0.6 is 63.7 Å². The largest absolute Gasteiger partial charge is 0.392 e. The first-order valence-corrected chi connectivity index (χ1v) is 8.51. The monoisotopic (exact) mass is 484 g/mol. The van der Waals surface area contributed by atoms with Gasteiger partial charge in [-0.25, -0.2) is 0 Å². The molecule has 0 rings (SSSR count). The molecule has 96 valence electrons. The summed E-state index contributed by atoms with van der Waals surface area (Å²) in [7, 11) is 0. The Labute approximate surface area is 130 Å². The zero-order chi connectivity index (χ0) is 13.0. The first-order chi connectivity index (χ1) is 7.21. The molecule has 0 heterocycles. The van der Waals surface area contributed by atoms with E-state index in [1.165, 1.54) is 6.92 Å². The molecule has 0 bridgehead atoms. The molecule has 16 heavy (non-hydrogen) atoms. The maximum Gasteiger partial charge on any atom is 0.144 e. The second-order valence-electron chi connectivity index (χ2n) is 3.97. The van der Waals surface area contributed by atoms with E-state index < -0.39 is 13.7 Å². The second-order valence-corrected chi connectivity index (χ2v) is 11.3. The normalized spacial score (nSPS) is 17.9. The Bertz CT molecular complexity index is 239. The number of Topliss-reactive ketones (excluding diaryl/α,β-unsaturated/α-hetero) is 1. The van der Waals surface area contributed by atoms with Crippen molar-refractivity contribution >= 4 is 69.5 Å². The van der Waals surface area contributed by atoms with Crippen LogP contribution in [-0.2, 0) is 4.79 Å². The van der Waals surface area contributed by atoms with E-state index in [2.05, 4.69) is 63.7 Å². The van der Waals surface area contributed by atoms with E-state index in [4.69, 9.17) is 0 Å². The summed E-state index contributed by atoms with van der Waals surface area (Å²) in [5, 5.41) is 10.8. The number of carbonyl (C=O) groups is 1. The lowest BCUT2D eigenvalue weighted by Gasteiger charge is -2.42. The van der Waals surface area contributed by atoms with E-state index in [1.54, 1.807) is 0 Å². The Morgan fingerprint density at radius 1 is 1.38 bits per heavy atom. The van der Waals surface area contributed by atoms with E-state index in [0.29, 0.717) is 18.2 Å². The molecule has 0 aromatic rings. The molecule has 0 aromatic heterocycles. The Balaban J connectivity index is 5.19. The lowest BCUT2D eigenvalue weighted by atomic mass is 9.79. The average molecular weight is 488 g/mol. The van der Waals surface area contributed by atoms with Crippen molar-refractivity contribution in [3.63, 3.8) is 0 Å². The Morgan fingerprint density at radius 2 is 1.88 bits per heavy atom. The number of rotatable bonds is 6. The number of aliphatic hydroxyl groups excluding tert-OH is 1. The third-order valence-corrected chi connectivity index (χ3v) is 5.94. The van der Waals surface area contributed by atoms with E-state index in [-0.39, 0.29) is 5.78 Å². The summed E-state index contributed by atoms with van der Waals surface area (Å²) in [6.45, 7) is 3.54. The topological polar surface area (TPSA) is 37.3 Å². The molecule has 0 aliphatic carbocycles. The first kappa shape index (κ1) is 17.6. The highest BCUT2D eigenvalue weighted by molar-refractivity contribution is 9.39. The number of carbonyl (C=O) groups excluding carboxylic acids is 1. The standard InChI is InChI=1S/C10H16Br4O2/c1-3-4-8(16)9(6-11,5-7(2)15)10(12,13)14/h8,16H,3-6H2,1-2H3. The van der Waals surface area contributed by atoms with Crippen LogP contribution in [0.3, 0.4) is 0 Å². The van der Waals surface area contributed by atoms with Crippen LogP contribution in [0.25, 0.3) is 0 Å². The van der Waals surface area contributed by atoms with Gasteiger partial charge in [0.1, 0.15) is 7.93 Å². The Morgan fingerprint density at radius 3 is 2.12 bits per heavy atom. The second kappa shape index (κ2) is 7.22. The molecule has 0 saturated heterocycles. The summed E-state index contributed by atoms with van der Waals surface area (Å²) >= 11 is 13.8. The van der Waals surface area contributed by atoms with Gasteiger partial charge in [0.15, 0.2) is 0 Å². The minimum absolute atomic E-state index is 0.0531. The van der Waals surface area contributed by atoms with E-state index >= 15 is 0 Å². The highest BCUT2D eigenvalue weighted by atomic mass is 80.0. The maximum absolute atomic E-state index is 11.4. The molecule has 1 N–H and O–H groups in total. The predicted molar refractivity (Wildman–Crippen MR) is 82.0 cm³/mol. The van der Waals surface area contributed by atoms with Gasteiger partial charge in [-0.2, -0.15) is 0 Å². The SMILES string of the molecule is CCCC(O)C(CBr)(CC(C)=O)C(Br)(Br)Br. The molecule has 0 spiro atoms. The van der Waals surface area contributed by atoms with Gasteiger partial charge >= 0.3 is 0 Å². The van der Waals surface area contributed by atoms with Crippen molar-refractivity contribution in [1.82, 2.24) is 0 Å². The molecule has 0 aromatic carbocycles. The van der Waals surface area contributed by atoms with Crippen LogP contribution in [0, 0.1) is 5.41 Å². The summed E-state index contributed by atoms with van der Waals surface area (Å²) in [5.74, 6) is 0.0531. The third-order valence-electron chi connectivity index (χ3n) is 2.57. The van der Waals surface area contributed by atoms with Crippen LogP contribution in [0.15, 0.2) is 0 Å². The van der Waals surface area contributed by atoms with Crippen molar-refractivity contribution in [3.8, 4) is 0 Å². The average Bonchev–Trinajstić information content (AvgIpc) is 2.12. The Kier molecular flexibility index (Phi) is 7.91. The zero-order valence-electron chi connectivity index (χ0n) is 9.27. The van der Waals surface area contributed by atoms with Crippen molar-refractivity contribution in [1.29, 1.82) is 0 Å². The maximum atomic E-state index is 11.4. The van der Waals surface area contributed by atoms with Crippen molar-refractivity contribution in [3.05, 3.63) is 0 Å². The van der Waals surface area contributed by atoms with Crippen LogP contribution < -0.4 is 0 Å². The van der Waals surface area contributed by atoms with E-state index in [9.17, 15) is 9.90 Å². The molecular weight excluding hydrogens is 472 g/mol. The van der Waals surface area contributed by atoms with E-state index in [1.807, 2.05) is 6.92 Å². The molecule has 0 amide bonds. The lowest BCUT2D eigenvalue weighted by molar-refractivity contribution is -0.120. The molecule has 0 aliphatic rings. The molecule has 0 saturated carbocycles. The summed E-state index contributed by atoms with van der Waals surface area (Å²) in [6, 6.07) is 0. The van der Waals surface area contributed by atoms with Gasteiger partial charge in [-0.05, 0) is 13.3 Å². The van der Waals surface area contributed by atoms with Gasteiger partial charge < -0.3 is 9.90 Å². The minimum atomic E-state index is -0.663. The fraction of sp³-hybridized carbons (Fsp3) is 0.900. The molecule has 6 heteroatoms. The number of aliphatic hydroxyl groups is 1. The Hall–Kier alpha value is 1.55. The summed E-state index contributed by atoms with van der Waals surface area (Å²) in [5.41, 5.74) is -0.616. The van der Waals surface area contributed by atoms with Crippen LogP contribution in [0.2, 0.25) is 0 Å². The van der Waals surface area contributed by atoms with Crippen LogP contribution in [0.4, 0.5) is 0 Å². The van der Waals surface area contributed by atoms with Gasteiger partial charge in [0.25, 0.3) is 0 Å². The smallest absolute Gasteiger partial charge is 0.144 e. The number of hydrogen-bond acceptors (Lipinski definition) is 2. The number of hydrogen-bond donors (Lipinski definition) is 1. The molecule has 2 nitrogen and oxygen atoms in total. The van der Waals surface area contributed by atoms with Crippen molar-refractivity contribution in [2.45, 2.75) is 41.4 Å². The fourth-order valence-electron chi connectivity index (χ4n) is 1.61. The quantitative estimate of drug-likeness (QED) is 0.566. The number of ketones is 1. The number of alkyl halides is 4. The van der Waals surface area contributed by atoms with Crippen LogP contribution in [0.1, 0.15) is 33.1 Å². The van der Waals surface area contributed by atoms with E-state index in [0.717, 1.165) is 6.42 Å². The van der Waals surface area contributed by atoms with Gasteiger partial charge in [-0.1, -0.05) is 77.1 Å². The zero-order valence-corrected chi connectivity index (χ0v) is 15.6. The molecule has 2 atom stereocenters. The molecule has 0 fully saturated rings. The fourth-order valence-corrected chi connectivity index (χ4v) is 5.37. The highest BCUT2D eigenvalue weighted by Gasteiger charge is 2.51. The van der Waals surface area contributed by atoms with Crippen LogP contribution in [0.5, 0.6) is 0 Å². The lowest BCUT2D eigenvalue weighted by Crippen LogP contribution is -2.48. The highest BCUT2D eigenvalue weighted by Crippen LogP contribution is 2.55. The van der Waals surface area contributed by atoms with Gasteiger partial charge in [-0.15, -0.1) is 0 Å². The van der Waals surface area contributed by atoms with Gasteiger partial charge in [0.2, 0.25) is 0 Å². The first-order valence-electron chi connectivity index (χ1n) is 5.01. The number of halogens is 4. The predicted octanol–water partition coefficient (Wildman–Crippen LogP) is 4.35. The van der Waals surface area contributed by atoms with Gasteiger partial charge in [-0.3, -0.25) is 0 Å². The van der Waals surface area contributed by atoms with Crippen molar-refractivity contribution in [2.75, 3.05) is 5.33 Å². The van der Waals surface area contributed by atoms with Crippen LogP contribution in [-0.4, -0.2) is 24.5 Å². The molecular formula is C10H16Br4O2.